The molecule has 7 heteroatoms. The van der Waals surface area contributed by atoms with Crippen molar-refractivity contribution in [2.24, 2.45) is 0 Å². The number of anilines is 1. The van der Waals surface area contributed by atoms with E-state index in [2.05, 4.69) is 20.8 Å². The number of nitrogens with zero attached hydrogens (tertiary/aromatic N) is 5. The first-order chi connectivity index (χ1) is 9.11. The molecule has 0 saturated heterocycles. The van der Waals surface area contributed by atoms with Crippen LogP contribution in [-0.4, -0.2) is 26.1 Å². The molecule has 2 rings (SSSR count). The van der Waals surface area contributed by atoms with Crippen LogP contribution in [0.3, 0.4) is 0 Å². The number of aryl methyl sites for hydroxylation is 1. The van der Waals surface area contributed by atoms with Gasteiger partial charge in [-0.3, -0.25) is 4.79 Å². The second kappa shape index (κ2) is 5.27. The Morgan fingerprint density at radius 1 is 1.47 bits per heavy atom. The maximum atomic E-state index is 11.5. The van der Waals surface area contributed by atoms with E-state index in [9.17, 15) is 4.79 Å². The van der Waals surface area contributed by atoms with E-state index in [4.69, 9.17) is 5.26 Å². The lowest BCUT2D eigenvalue weighted by molar-refractivity contribution is -0.115. The maximum absolute atomic E-state index is 11.5. The number of aromatic nitrogens is 4. The molecule has 1 aromatic carbocycles. The Labute approximate surface area is 109 Å². The molecule has 0 bridgehead atoms. The molecule has 0 saturated carbocycles. The third-order valence-electron chi connectivity index (χ3n) is 2.78. The molecule has 0 spiro atoms. The number of nitriles is 1. The minimum atomic E-state index is -0.334. The molecule has 1 heterocycles. The van der Waals surface area contributed by atoms with Crippen LogP contribution in [0.2, 0.25) is 0 Å². The van der Waals surface area contributed by atoms with Crippen LogP contribution >= 0.6 is 0 Å². The highest BCUT2D eigenvalue weighted by Crippen LogP contribution is 2.23. The van der Waals surface area contributed by atoms with Gasteiger partial charge < -0.3 is 5.32 Å². The first-order valence-corrected chi connectivity index (χ1v) is 5.63. The van der Waals surface area contributed by atoms with Crippen molar-refractivity contribution in [1.82, 2.24) is 20.2 Å². The number of carbonyl (C=O) groups is 1. The third-order valence-corrected chi connectivity index (χ3v) is 2.78. The lowest BCUT2D eigenvalue weighted by Gasteiger charge is -2.12. The van der Waals surface area contributed by atoms with Crippen LogP contribution in [0.15, 0.2) is 18.5 Å². The molecule has 1 aromatic heterocycles. The van der Waals surface area contributed by atoms with Gasteiger partial charge in [-0.25, -0.2) is 4.68 Å². The highest BCUT2D eigenvalue weighted by molar-refractivity contribution is 5.93. The van der Waals surface area contributed by atoms with Crippen LogP contribution in [0.4, 0.5) is 5.69 Å². The fourth-order valence-corrected chi connectivity index (χ4v) is 1.65. The van der Waals surface area contributed by atoms with Gasteiger partial charge in [0.2, 0.25) is 5.91 Å². The summed E-state index contributed by atoms with van der Waals surface area (Å²) in [7, 11) is 0. The van der Waals surface area contributed by atoms with E-state index in [-0.39, 0.29) is 12.3 Å². The van der Waals surface area contributed by atoms with E-state index >= 15 is 0 Å². The van der Waals surface area contributed by atoms with Crippen molar-refractivity contribution in [2.45, 2.75) is 20.3 Å². The Bertz CT molecular complexity index is 641. The predicted molar refractivity (Wildman–Crippen MR) is 67.5 cm³/mol. The zero-order valence-electron chi connectivity index (χ0n) is 10.6. The highest BCUT2D eigenvalue weighted by atomic mass is 16.1. The predicted octanol–water partition coefficient (Wildman–Crippen LogP) is 1.13. The molecule has 0 aliphatic heterocycles. The number of rotatable bonds is 3. The average Bonchev–Trinajstić information content (AvgIpc) is 2.88. The minimum Gasteiger partial charge on any atom is -0.325 e. The van der Waals surface area contributed by atoms with Crippen molar-refractivity contribution in [3.8, 4) is 11.8 Å². The lowest BCUT2D eigenvalue weighted by Crippen LogP contribution is -2.12. The van der Waals surface area contributed by atoms with Crippen molar-refractivity contribution < 1.29 is 4.79 Å². The molecule has 0 unspecified atom stereocenters. The fraction of sp³-hybridized carbons (Fsp3) is 0.250. The Balaban J connectivity index is 2.38. The fourth-order valence-electron chi connectivity index (χ4n) is 1.65. The number of tetrazole rings is 1. The molecule has 0 fully saturated rings. The van der Waals surface area contributed by atoms with Crippen LogP contribution in [0.1, 0.15) is 17.5 Å². The monoisotopic (exact) mass is 256 g/mol. The molecule has 96 valence electrons. The van der Waals surface area contributed by atoms with E-state index in [1.54, 1.807) is 6.07 Å². The van der Waals surface area contributed by atoms with Crippen molar-refractivity contribution in [3.63, 3.8) is 0 Å². The first-order valence-electron chi connectivity index (χ1n) is 5.63. The molecule has 0 aliphatic rings. The van der Waals surface area contributed by atoms with E-state index in [0.717, 1.165) is 16.8 Å². The van der Waals surface area contributed by atoms with Crippen molar-refractivity contribution in [3.05, 3.63) is 29.6 Å². The minimum absolute atomic E-state index is 0.173. The van der Waals surface area contributed by atoms with Gasteiger partial charge in [0, 0.05) is 5.69 Å². The zero-order valence-corrected chi connectivity index (χ0v) is 10.6. The van der Waals surface area contributed by atoms with Crippen molar-refractivity contribution in [1.29, 1.82) is 5.26 Å². The number of benzene rings is 1. The average molecular weight is 256 g/mol. The van der Waals surface area contributed by atoms with Gasteiger partial charge in [-0.05, 0) is 47.5 Å². The first kappa shape index (κ1) is 12.7. The van der Waals surface area contributed by atoms with E-state index in [1.165, 1.54) is 11.0 Å². The summed E-state index contributed by atoms with van der Waals surface area (Å²) in [6.07, 6.45) is 1.30. The number of nitrogens with one attached hydrogen (secondary N) is 1. The van der Waals surface area contributed by atoms with Gasteiger partial charge in [0.05, 0.1) is 11.8 Å². The molecule has 19 heavy (non-hydrogen) atoms. The van der Waals surface area contributed by atoms with Crippen LogP contribution < -0.4 is 5.32 Å². The van der Waals surface area contributed by atoms with Gasteiger partial charge in [-0.15, -0.1) is 5.10 Å². The van der Waals surface area contributed by atoms with Crippen molar-refractivity contribution in [2.75, 3.05) is 5.32 Å². The molecule has 1 amide bonds. The summed E-state index contributed by atoms with van der Waals surface area (Å²) in [6.45, 7) is 3.84. The SMILES string of the molecule is Cc1cc(-n2cnnn2)cc(NC(=O)CC#N)c1C. The zero-order chi connectivity index (χ0) is 13.8. The maximum Gasteiger partial charge on any atom is 0.238 e. The highest BCUT2D eigenvalue weighted by Gasteiger charge is 2.09. The largest absolute Gasteiger partial charge is 0.325 e. The third kappa shape index (κ3) is 2.74. The normalized spacial score (nSPS) is 9.95. The molecule has 2 aromatic rings. The van der Waals surface area contributed by atoms with Crippen molar-refractivity contribution >= 4 is 11.6 Å². The molecule has 0 radical (unpaired) electrons. The van der Waals surface area contributed by atoms with Crippen LogP contribution in [-0.2, 0) is 4.79 Å². The number of amides is 1. The Hall–Kier alpha value is -2.75. The summed E-state index contributed by atoms with van der Waals surface area (Å²) < 4.78 is 1.51. The van der Waals surface area contributed by atoms with Gasteiger partial charge in [-0.1, -0.05) is 0 Å². The molecular formula is C12H12N6O. The standard InChI is InChI=1S/C12H12N6O/c1-8-5-10(18-7-14-16-17-18)6-11(9(8)2)15-12(19)3-4-13/h5-7H,3H2,1-2H3,(H,15,19). The molecule has 1 N–H and O–H groups in total. The van der Waals surface area contributed by atoms with E-state index in [0.29, 0.717) is 5.69 Å². The molecule has 7 nitrogen and oxygen atoms in total. The summed E-state index contributed by atoms with van der Waals surface area (Å²) in [5.74, 6) is -0.334. The van der Waals surface area contributed by atoms with Crippen LogP contribution in [0.25, 0.3) is 5.69 Å². The summed E-state index contributed by atoms with van der Waals surface area (Å²) in [6, 6.07) is 5.51. The Morgan fingerprint density at radius 3 is 2.89 bits per heavy atom. The van der Waals surface area contributed by atoms with Gasteiger partial charge in [0.1, 0.15) is 12.7 Å². The topological polar surface area (TPSA) is 96.5 Å². The van der Waals surface area contributed by atoms with Gasteiger partial charge in [-0.2, -0.15) is 5.26 Å². The lowest BCUT2D eigenvalue weighted by atomic mass is 10.1. The number of hydrogen-bond donors (Lipinski definition) is 1. The van der Waals surface area contributed by atoms with Gasteiger partial charge >= 0.3 is 0 Å². The summed E-state index contributed by atoms with van der Waals surface area (Å²) in [5, 5.41) is 22.2. The van der Waals surface area contributed by atoms with E-state index < -0.39 is 0 Å². The molecular weight excluding hydrogens is 244 g/mol. The summed E-state index contributed by atoms with van der Waals surface area (Å²) in [4.78, 5) is 11.5. The Kier molecular flexibility index (Phi) is 3.52. The molecule has 0 aliphatic carbocycles. The second-order valence-electron chi connectivity index (χ2n) is 4.07. The molecule has 0 atom stereocenters. The quantitative estimate of drug-likeness (QED) is 0.887. The van der Waals surface area contributed by atoms with E-state index in [1.807, 2.05) is 26.0 Å². The Morgan fingerprint density at radius 2 is 2.26 bits per heavy atom. The van der Waals surface area contributed by atoms with Gasteiger partial charge in [0.15, 0.2) is 0 Å². The number of hydrogen-bond acceptors (Lipinski definition) is 5. The van der Waals surface area contributed by atoms with Crippen LogP contribution in [0, 0.1) is 25.2 Å². The summed E-state index contributed by atoms with van der Waals surface area (Å²) in [5.41, 5.74) is 3.36. The van der Waals surface area contributed by atoms with Gasteiger partial charge in [0.25, 0.3) is 0 Å². The number of carbonyl (C=O) groups excluding carboxylic acids is 1. The van der Waals surface area contributed by atoms with Crippen LogP contribution in [0.5, 0.6) is 0 Å². The second-order valence-corrected chi connectivity index (χ2v) is 4.07. The smallest absolute Gasteiger partial charge is 0.238 e. The summed E-state index contributed by atoms with van der Waals surface area (Å²) >= 11 is 0.